The maximum Gasteiger partial charge on any atom is 0.254 e. The maximum absolute atomic E-state index is 12.7. The van der Waals surface area contributed by atoms with Crippen LogP contribution in [0.3, 0.4) is 0 Å². The van der Waals surface area contributed by atoms with Crippen LogP contribution in [0, 0.1) is 5.92 Å². The van der Waals surface area contributed by atoms with Crippen molar-refractivity contribution in [1.82, 2.24) is 19.9 Å². The van der Waals surface area contributed by atoms with E-state index in [0.29, 0.717) is 18.1 Å². The number of methoxy groups -OCH3 is 1. The van der Waals surface area contributed by atoms with E-state index in [2.05, 4.69) is 20.6 Å². The third-order valence-electron chi connectivity index (χ3n) is 5.02. The number of fused-ring (bicyclic) bond motifs is 1. The van der Waals surface area contributed by atoms with E-state index < -0.39 is 12.9 Å². The van der Waals surface area contributed by atoms with Gasteiger partial charge >= 0.3 is 0 Å². The quantitative estimate of drug-likeness (QED) is 0.551. The number of pyridine rings is 2. The molecular formula is C21H24N6O3. The number of nitrogens with zero attached hydrogens (tertiary/aromatic N) is 3. The molecule has 2 amide bonds. The van der Waals surface area contributed by atoms with E-state index in [1.807, 2.05) is 29.1 Å². The predicted molar refractivity (Wildman–Crippen MR) is 114 cm³/mol. The topological polar surface area (TPSA) is 110 Å². The van der Waals surface area contributed by atoms with Gasteiger partial charge in [-0.15, -0.1) is 0 Å². The van der Waals surface area contributed by atoms with E-state index in [9.17, 15) is 9.59 Å². The second-order valence-corrected chi connectivity index (χ2v) is 7.00. The molecule has 0 saturated heterocycles. The molecule has 1 fully saturated rings. The van der Waals surface area contributed by atoms with Gasteiger partial charge in [-0.05, 0) is 25.8 Å². The molecule has 9 nitrogen and oxygen atoms in total. The molecule has 3 aromatic rings. The number of rotatable bonds is 7. The minimum absolute atomic E-state index is 0.0228. The van der Waals surface area contributed by atoms with Crippen LogP contribution in [0.25, 0.3) is 10.9 Å². The van der Waals surface area contributed by atoms with Gasteiger partial charge in [0.1, 0.15) is 5.82 Å². The molecule has 0 radical (unpaired) electrons. The Bertz CT molecular complexity index is 1220. The van der Waals surface area contributed by atoms with Gasteiger partial charge < -0.3 is 25.3 Å². The first-order valence-corrected chi connectivity index (χ1v) is 9.62. The number of ether oxygens (including phenoxy) is 1. The van der Waals surface area contributed by atoms with Crippen molar-refractivity contribution in [1.29, 1.82) is 0 Å². The van der Waals surface area contributed by atoms with Crippen LogP contribution in [0.4, 0.5) is 17.3 Å². The van der Waals surface area contributed by atoms with Crippen LogP contribution in [-0.2, 0) is 11.3 Å². The first-order valence-electron chi connectivity index (χ1n) is 11.1. The van der Waals surface area contributed by atoms with Crippen molar-refractivity contribution < 1.29 is 18.4 Å². The summed E-state index contributed by atoms with van der Waals surface area (Å²) in [5.41, 5.74) is 1.02. The van der Waals surface area contributed by atoms with Gasteiger partial charge in [0, 0.05) is 53.6 Å². The highest BCUT2D eigenvalue weighted by Crippen LogP contribution is 2.35. The third-order valence-corrected chi connectivity index (χ3v) is 5.02. The zero-order valence-corrected chi connectivity index (χ0v) is 16.7. The van der Waals surface area contributed by atoms with Gasteiger partial charge in [-0.3, -0.25) is 9.59 Å². The number of nitrogens with one attached hydrogen (secondary N) is 3. The highest BCUT2D eigenvalue weighted by molar-refractivity contribution is 6.02. The number of carbonyl (C=O) groups excluding carboxylic acids is 2. The van der Waals surface area contributed by atoms with E-state index in [4.69, 9.17) is 8.85 Å². The normalized spacial score (nSPS) is 15.1. The first kappa shape index (κ1) is 16.2. The lowest BCUT2D eigenvalue weighted by atomic mass is 10.2. The summed E-state index contributed by atoms with van der Waals surface area (Å²) in [5, 5.41) is 8.63. The number of aromatic nitrogens is 3. The van der Waals surface area contributed by atoms with Crippen LogP contribution < -0.4 is 20.7 Å². The summed E-state index contributed by atoms with van der Waals surface area (Å²) in [5.74, 6) is -0.00782. The molecule has 0 atom stereocenters. The van der Waals surface area contributed by atoms with Gasteiger partial charge in [-0.25, -0.2) is 9.97 Å². The summed E-state index contributed by atoms with van der Waals surface area (Å²) in [7, 11) is 1.52. The van der Waals surface area contributed by atoms with Crippen LogP contribution in [0.1, 0.15) is 34.2 Å². The fourth-order valence-corrected chi connectivity index (χ4v) is 3.28. The van der Waals surface area contributed by atoms with Crippen molar-refractivity contribution in [3.05, 3.63) is 36.3 Å². The van der Waals surface area contributed by atoms with Crippen LogP contribution in [0.5, 0.6) is 5.75 Å². The molecule has 0 bridgehead atoms. The Morgan fingerprint density at radius 1 is 1.33 bits per heavy atom. The molecule has 0 aromatic carbocycles. The van der Waals surface area contributed by atoms with E-state index >= 15 is 0 Å². The molecule has 9 heteroatoms. The molecule has 0 spiro atoms. The second-order valence-electron chi connectivity index (χ2n) is 7.00. The third kappa shape index (κ3) is 3.66. The Morgan fingerprint density at radius 2 is 2.17 bits per heavy atom. The average Bonchev–Trinajstić information content (AvgIpc) is 3.52. The minimum Gasteiger partial charge on any atom is -0.491 e. The van der Waals surface area contributed by atoms with E-state index in [0.717, 1.165) is 23.7 Å². The Hall–Kier alpha value is -3.62. The molecule has 1 aliphatic carbocycles. The van der Waals surface area contributed by atoms with Gasteiger partial charge in [0.25, 0.3) is 5.91 Å². The number of hydrogen-bond acceptors (Lipinski definition) is 6. The highest BCUT2D eigenvalue weighted by atomic mass is 16.5. The van der Waals surface area contributed by atoms with Crippen molar-refractivity contribution >= 4 is 40.0 Å². The fourth-order valence-electron chi connectivity index (χ4n) is 3.28. The molecule has 1 aliphatic rings. The van der Waals surface area contributed by atoms with Crippen LogP contribution >= 0.6 is 0 Å². The van der Waals surface area contributed by atoms with Crippen molar-refractivity contribution in [2.24, 2.45) is 5.92 Å². The number of carbonyl (C=O) groups is 2. The molecule has 3 aromatic heterocycles. The van der Waals surface area contributed by atoms with E-state index in [1.165, 1.54) is 19.4 Å². The lowest BCUT2D eigenvalue weighted by Gasteiger charge is -2.16. The molecule has 3 heterocycles. The van der Waals surface area contributed by atoms with Crippen molar-refractivity contribution in [3.8, 4) is 5.75 Å². The lowest BCUT2D eigenvalue weighted by Crippen LogP contribution is -2.20. The van der Waals surface area contributed by atoms with E-state index in [-0.39, 0.29) is 28.9 Å². The van der Waals surface area contributed by atoms with Gasteiger partial charge in [0.15, 0.2) is 11.6 Å². The zero-order valence-electron chi connectivity index (χ0n) is 19.7. The van der Waals surface area contributed by atoms with Gasteiger partial charge in [0.05, 0.1) is 23.9 Å². The van der Waals surface area contributed by atoms with Gasteiger partial charge in [-0.1, -0.05) is 0 Å². The van der Waals surface area contributed by atoms with E-state index in [1.54, 1.807) is 6.20 Å². The van der Waals surface area contributed by atoms with Crippen molar-refractivity contribution in [2.75, 3.05) is 24.7 Å². The minimum atomic E-state index is -2.68. The Kier molecular flexibility index (Phi) is 4.33. The Labute approximate surface area is 178 Å². The first-order chi connectivity index (χ1) is 15.7. The second kappa shape index (κ2) is 8.02. The monoisotopic (exact) mass is 411 g/mol. The van der Waals surface area contributed by atoms with Crippen LogP contribution in [-0.4, -0.2) is 40.4 Å². The molecule has 0 unspecified atom stereocenters. The number of amides is 2. The molecular weight excluding hydrogens is 384 g/mol. The zero-order chi connectivity index (χ0) is 23.8. The van der Waals surface area contributed by atoms with Crippen LogP contribution in [0.2, 0.25) is 0 Å². The molecule has 30 heavy (non-hydrogen) atoms. The molecule has 156 valence electrons. The smallest absolute Gasteiger partial charge is 0.254 e. The summed E-state index contributed by atoms with van der Waals surface area (Å²) in [4.78, 5) is 33.4. The lowest BCUT2D eigenvalue weighted by molar-refractivity contribution is -0.117. The summed E-state index contributed by atoms with van der Waals surface area (Å²) in [6.07, 6.45) is 6.46. The van der Waals surface area contributed by atoms with Gasteiger partial charge in [0.2, 0.25) is 5.91 Å². The summed E-state index contributed by atoms with van der Waals surface area (Å²) in [6, 6.07) is 3.39. The average molecular weight is 411 g/mol. The molecule has 0 aliphatic heterocycles. The van der Waals surface area contributed by atoms with Crippen molar-refractivity contribution in [3.63, 3.8) is 0 Å². The Balaban J connectivity index is 1.75. The maximum atomic E-state index is 12.7. The number of anilines is 3. The Morgan fingerprint density at radius 3 is 2.87 bits per heavy atom. The van der Waals surface area contributed by atoms with Crippen molar-refractivity contribution in [2.45, 2.75) is 26.3 Å². The highest BCUT2D eigenvalue weighted by Gasteiger charge is 2.30. The molecule has 3 N–H and O–H groups in total. The molecule has 4 rings (SSSR count). The summed E-state index contributed by atoms with van der Waals surface area (Å²) < 4.78 is 29.6. The summed E-state index contributed by atoms with van der Waals surface area (Å²) >= 11 is 0. The van der Waals surface area contributed by atoms with Gasteiger partial charge in [-0.2, -0.15) is 0 Å². The largest absolute Gasteiger partial charge is 0.491 e. The number of aryl methyl sites for hydroxylation is 1. The standard InChI is InChI=1S/C21H24N6O3/c1-4-27-8-7-13-10-24-19(18(30-3)17(13)27)25-15-9-16(26-20(28)12-5-6-12)23-11-14(15)21(29)22-2/h7-12H,4-6H2,1-3H3,(H,22,29)(H2,23,24,25,26,28)/i2D3. The summed E-state index contributed by atoms with van der Waals surface area (Å²) in [6.45, 7) is 0.0353. The SMILES string of the molecule is [2H]C([2H])([2H])NC(=O)c1cnc(NC(=O)C2CC2)cc1Nc1ncc2ccn(CC)c2c1OC. The predicted octanol–water partition coefficient (Wildman–Crippen LogP) is 2.91. The fraction of sp³-hybridized carbons (Fsp3) is 0.333. The molecule has 1 saturated carbocycles. The number of hydrogen-bond donors (Lipinski definition) is 3. The van der Waals surface area contributed by atoms with Crippen LogP contribution in [0.15, 0.2) is 30.7 Å².